The lowest BCUT2D eigenvalue weighted by Crippen LogP contribution is -2.30. The van der Waals surface area contributed by atoms with Gasteiger partial charge in [-0.25, -0.2) is 4.39 Å². The van der Waals surface area contributed by atoms with Crippen LogP contribution in [0.1, 0.15) is 0 Å². The van der Waals surface area contributed by atoms with E-state index in [2.05, 4.69) is 5.32 Å². The smallest absolute Gasteiger partial charge is 0.224 e. The third-order valence-corrected chi connectivity index (χ3v) is 1.51. The Bertz CT molecular complexity index is 128. The molecule has 1 fully saturated rings. The third-order valence-electron chi connectivity index (χ3n) is 1.51. The first-order valence-electron chi connectivity index (χ1n) is 2.86. The van der Waals surface area contributed by atoms with Gasteiger partial charge in [-0.05, 0) is 0 Å². The number of halogens is 1. The van der Waals surface area contributed by atoms with Crippen LogP contribution in [0.3, 0.4) is 0 Å². The summed E-state index contributed by atoms with van der Waals surface area (Å²) in [5.74, 6) is -1.16. The summed E-state index contributed by atoms with van der Waals surface area (Å²) in [6.07, 6.45) is -1.08. The van der Waals surface area contributed by atoms with Crippen molar-refractivity contribution in [3.05, 3.63) is 0 Å². The van der Waals surface area contributed by atoms with Gasteiger partial charge in [0.15, 0.2) is 0 Å². The molecule has 4 heteroatoms. The summed E-state index contributed by atoms with van der Waals surface area (Å²) < 4.78 is 12.5. The molecule has 0 bridgehead atoms. The fourth-order valence-corrected chi connectivity index (χ4v) is 0.926. The van der Waals surface area contributed by atoms with Gasteiger partial charge in [0.1, 0.15) is 6.17 Å². The molecule has 1 amide bonds. The van der Waals surface area contributed by atoms with Gasteiger partial charge >= 0.3 is 0 Å². The van der Waals surface area contributed by atoms with Crippen LogP contribution >= 0.6 is 0 Å². The highest BCUT2D eigenvalue weighted by atomic mass is 19.1. The number of amides is 1. The summed E-state index contributed by atoms with van der Waals surface area (Å²) >= 11 is 0. The molecule has 1 saturated heterocycles. The van der Waals surface area contributed by atoms with Crippen molar-refractivity contribution in [1.82, 2.24) is 5.32 Å². The molecule has 0 unspecified atom stereocenters. The van der Waals surface area contributed by atoms with Crippen LogP contribution in [0.2, 0.25) is 0 Å². The normalized spacial score (nSPS) is 34.8. The van der Waals surface area contributed by atoms with Gasteiger partial charge in [0.25, 0.3) is 0 Å². The Kier molecular flexibility index (Phi) is 1.66. The molecule has 1 heterocycles. The van der Waals surface area contributed by atoms with Crippen molar-refractivity contribution >= 4 is 5.91 Å². The first kappa shape index (κ1) is 6.48. The zero-order valence-corrected chi connectivity index (χ0v) is 4.93. The minimum absolute atomic E-state index is 0.258. The lowest BCUT2D eigenvalue weighted by Gasteiger charge is -2.03. The van der Waals surface area contributed by atoms with Crippen molar-refractivity contribution in [3.63, 3.8) is 0 Å². The highest BCUT2D eigenvalue weighted by Crippen LogP contribution is 2.10. The predicted octanol–water partition coefficient (Wildman–Crippen LogP) is -0.971. The van der Waals surface area contributed by atoms with E-state index in [1.54, 1.807) is 0 Å². The molecule has 0 radical (unpaired) electrons. The second kappa shape index (κ2) is 2.31. The Balaban J connectivity index is 2.49. The van der Waals surface area contributed by atoms with Crippen molar-refractivity contribution < 1.29 is 9.18 Å². The lowest BCUT2D eigenvalue weighted by atomic mass is 10.1. The zero-order valence-electron chi connectivity index (χ0n) is 4.93. The highest BCUT2D eigenvalue weighted by molar-refractivity contribution is 5.77. The Labute approximate surface area is 52.4 Å². The quantitative estimate of drug-likeness (QED) is 0.482. The molecule has 3 N–H and O–H groups in total. The number of rotatable bonds is 1. The number of carbonyl (C=O) groups is 1. The molecule has 0 aromatic heterocycles. The van der Waals surface area contributed by atoms with E-state index in [0.717, 1.165) is 0 Å². The minimum Gasteiger partial charge on any atom is -0.369 e. The molecule has 52 valence electrons. The summed E-state index contributed by atoms with van der Waals surface area (Å²) in [6.45, 7) is 0.643. The molecule has 3 nitrogen and oxygen atoms in total. The van der Waals surface area contributed by atoms with E-state index in [1.807, 2.05) is 0 Å². The first-order chi connectivity index (χ1) is 4.22. The van der Waals surface area contributed by atoms with E-state index < -0.39 is 18.0 Å². The van der Waals surface area contributed by atoms with Crippen LogP contribution < -0.4 is 11.1 Å². The molecule has 2 atom stereocenters. The third kappa shape index (κ3) is 1.18. The van der Waals surface area contributed by atoms with E-state index in [4.69, 9.17) is 5.73 Å². The Hall–Kier alpha value is -0.640. The number of carbonyl (C=O) groups excluding carboxylic acids is 1. The van der Waals surface area contributed by atoms with Gasteiger partial charge in [0.2, 0.25) is 5.91 Å². The van der Waals surface area contributed by atoms with Crippen molar-refractivity contribution in [2.45, 2.75) is 6.17 Å². The van der Waals surface area contributed by atoms with Gasteiger partial charge in [-0.15, -0.1) is 0 Å². The lowest BCUT2D eigenvalue weighted by molar-refractivity contribution is -0.122. The second-order valence-corrected chi connectivity index (χ2v) is 2.18. The maximum absolute atomic E-state index is 12.5. The molecule has 9 heavy (non-hydrogen) atoms. The molecule has 1 aliphatic heterocycles. The first-order valence-corrected chi connectivity index (χ1v) is 2.86. The van der Waals surface area contributed by atoms with Crippen LogP contribution in [0.5, 0.6) is 0 Å². The molecule has 0 aromatic rings. The molecular weight excluding hydrogens is 123 g/mol. The van der Waals surface area contributed by atoms with Crippen molar-refractivity contribution in [1.29, 1.82) is 0 Å². The topological polar surface area (TPSA) is 55.1 Å². The second-order valence-electron chi connectivity index (χ2n) is 2.18. The maximum atomic E-state index is 12.5. The molecule has 0 aliphatic carbocycles. The summed E-state index contributed by atoms with van der Waals surface area (Å²) in [6, 6.07) is 0. The van der Waals surface area contributed by atoms with E-state index in [-0.39, 0.29) is 6.54 Å². The fourth-order valence-electron chi connectivity index (χ4n) is 0.926. The average Bonchev–Trinajstić information content (AvgIpc) is 2.13. The van der Waals surface area contributed by atoms with E-state index in [1.165, 1.54) is 0 Å². The highest BCUT2D eigenvalue weighted by Gasteiger charge is 2.30. The molecule has 1 rings (SSSR count). The molecule has 0 aromatic carbocycles. The van der Waals surface area contributed by atoms with Gasteiger partial charge in [0.05, 0.1) is 5.92 Å². The molecule has 0 saturated carbocycles. The van der Waals surface area contributed by atoms with Gasteiger partial charge in [0, 0.05) is 13.1 Å². The Morgan fingerprint density at radius 3 is 2.56 bits per heavy atom. The molecule has 0 spiro atoms. The van der Waals surface area contributed by atoms with Gasteiger partial charge in [-0.1, -0.05) is 0 Å². The van der Waals surface area contributed by atoms with Crippen LogP contribution in [0.4, 0.5) is 4.39 Å². The number of nitrogens with one attached hydrogen (secondary N) is 1. The van der Waals surface area contributed by atoms with Crippen LogP contribution in [-0.2, 0) is 4.79 Å². The molecule has 1 aliphatic rings. The minimum atomic E-state index is -1.08. The van der Waals surface area contributed by atoms with Crippen LogP contribution in [0.25, 0.3) is 0 Å². The van der Waals surface area contributed by atoms with Crippen LogP contribution in [0.15, 0.2) is 0 Å². The fraction of sp³-hybridized carbons (Fsp3) is 0.800. The predicted molar refractivity (Wildman–Crippen MR) is 30.5 cm³/mol. The van der Waals surface area contributed by atoms with Crippen LogP contribution in [-0.4, -0.2) is 25.2 Å². The van der Waals surface area contributed by atoms with E-state index in [0.29, 0.717) is 6.54 Å². The number of primary amides is 1. The largest absolute Gasteiger partial charge is 0.369 e. The number of hydrogen-bond acceptors (Lipinski definition) is 2. The van der Waals surface area contributed by atoms with Crippen molar-refractivity contribution in [2.24, 2.45) is 11.7 Å². The van der Waals surface area contributed by atoms with Gasteiger partial charge < -0.3 is 11.1 Å². The van der Waals surface area contributed by atoms with Crippen LogP contribution in [0, 0.1) is 5.92 Å². The zero-order chi connectivity index (χ0) is 6.85. The van der Waals surface area contributed by atoms with Crippen molar-refractivity contribution in [2.75, 3.05) is 13.1 Å². The monoisotopic (exact) mass is 132 g/mol. The van der Waals surface area contributed by atoms with E-state index in [9.17, 15) is 9.18 Å². The Morgan fingerprint density at radius 1 is 1.67 bits per heavy atom. The van der Waals surface area contributed by atoms with Crippen molar-refractivity contribution in [3.8, 4) is 0 Å². The number of hydrogen-bond donors (Lipinski definition) is 2. The molecular formula is C5H9FN2O. The summed E-state index contributed by atoms with van der Waals surface area (Å²) in [5.41, 5.74) is 4.87. The summed E-state index contributed by atoms with van der Waals surface area (Å²) in [7, 11) is 0. The average molecular weight is 132 g/mol. The number of nitrogens with two attached hydrogens (primary N) is 1. The summed E-state index contributed by atoms with van der Waals surface area (Å²) in [5, 5.41) is 2.73. The Morgan fingerprint density at radius 2 is 2.33 bits per heavy atom. The van der Waals surface area contributed by atoms with Gasteiger partial charge in [-0.3, -0.25) is 4.79 Å². The SMILES string of the molecule is NC(=O)[C@H]1CNC[C@H]1F. The maximum Gasteiger partial charge on any atom is 0.224 e. The number of alkyl halides is 1. The van der Waals surface area contributed by atoms with Gasteiger partial charge in [-0.2, -0.15) is 0 Å². The van der Waals surface area contributed by atoms with E-state index >= 15 is 0 Å². The standard InChI is InChI=1S/C5H9FN2O/c6-4-2-8-1-3(4)5(7)9/h3-4,8H,1-2H2,(H2,7,9)/t3-,4+/m0/s1. The summed E-state index contributed by atoms with van der Waals surface area (Å²) in [4.78, 5) is 10.4.